The lowest BCUT2D eigenvalue weighted by molar-refractivity contribution is 0.811. The van der Waals surface area contributed by atoms with Gasteiger partial charge in [-0.2, -0.15) is 0 Å². The molecule has 154 valence electrons. The second-order valence-electron chi connectivity index (χ2n) is 7.69. The Labute approximate surface area is 185 Å². The number of benzene rings is 3. The lowest BCUT2D eigenvalue weighted by Crippen LogP contribution is -2.14. The first-order valence-electron chi connectivity index (χ1n) is 10.7. The van der Waals surface area contributed by atoms with Crippen molar-refractivity contribution in [2.75, 3.05) is 11.9 Å². The van der Waals surface area contributed by atoms with Crippen molar-refractivity contribution in [3.05, 3.63) is 133 Å². The van der Waals surface area contributed by atoms with Gasteiger partial charge in [-0.3, -0.25) is 0 Å². The second-order valence-corrected chi connectivity index (χ2v) is 7.69. The fourth-order valence-corrected chi connectivity index (χ4v) is 3.94. The largest absolute Gasteiger partial charge is 0.386 e. The van der Waals surface area contributed by atoms with Gasteiger partial charge < -0.3 is 10.6 Å². The summed E-state index contributed by atoms with van der Waals surface area (Å²) >= 11 is 0. The van der Waals surface area contributed by atoms with E-state index in [-0.39, 0.29) is 5.92 Å². The van der Waals surface area contributed by atoms with Crippen molar-refractivity contribution in [3.8, 4) is 11.1 Å². The van der Waals surface area contributed by atoms with E-state index in [0.29, 0.717) is 0 Å². The van der Waals surface area contributed by atoms with E-state index in [2.05, 4.69) is 109 Å². The second kappa shape index (κ2) is 9.82. The van der Waals surface area contributed by atoms with E-state index in [1.54, 1.807) is 0 Å². The maximum atomic E-state index is 3.93. The van der Waals surface area contributed by atoms with Gasteiger partial charge in [-0.25, -0.2) is 0 Å². The number of hydrogen-bond donors (Lipinski definition) is 2. The summed E-state index contributed by atoms with van der Waals surface area (Å²) in [5.41, 5.74) is 8.54. The first kappa shape index (κ1) is 20.5. The molecule has 0 amide bonds. The van der Waals surface area contributed by atoms with E-state index in [4.69, 9.17) is 0 Å². The Hall–Kier alpha value is -3.78. The van der Waals surface area contributed by atoms with Crippen molar-refractivity contribution in [1.29, 1.82) is 0 Å². The van der Waals surface area contributed by atoms with Crippen LogP contribution in [0.1, 0.15) is 24.0 Å². The van der Waals surface area contributed by atoms with Crippen molar-refractivity contribution in [1.82, 2.24) is 5.32 Å². The molecular weight excluding hydrogens is 376 g/mol. The molecule has 2 nitrogen and oxygen atoms in total. The molecule has 1 atom stereocenters. The SMILES string of the molecule is C=C/C=C(\C=C1/CN/C=C\Nc2ccc(-c3ccccc3)cc2C1C)c1ccccc1. The molecule has 0 fully saturated rings. The van der Waals surface area contributed by atoms with E-state index in [1.807, 2.05) is 24.5 Å². The zero-order valence-corrected chi connectivity index (χ0v) is 17.9. The molecule has 3 aromatic rings. The van der Waals surface area contributed by atoms with Crippen LogP contribution < -0.4 is 10.6 Å². The molecule has 3 aromatic carbocycles. The Bertz CT molecular complexity index is 1120. The van der Waals surface area contributed by atoms with Gasteiger partial charge in [0.15, 0.2) is 0 Å². The molecule has 2 heteroatoms. The summed E-state index contributed by atoms with van der Waals surface area (Å²) in [6, 6.07) is 27.7. The molecular formula is C29H28N2. The van der Waals surface area contributed by atoms with Gasteiger partial charge in [0.1, 0.15) is 0 Å². The Morgan fingerprint density at radius 3 is 2.39 bits per heavy atom. The first-order valence-corrected chi connectivity index (χ1v) is 10.7. The van der Waals surface area contributed by atoms with Crippen LogP contribution in [0.5, 0.6) is 0 Å². The minimum atomic E-state index is 0.232. The van der Waals surface area contributed by atoms with Crippen molar-refractivity contribution in [3.63, 3.8) is 0 Å². The van der Waals surface area contributed by atoms with Crippen LogP contribution in [0.25, 0.3) is 16.7 Å². The lowest BCUT2D eigenvalue weighted by Gasteiger charge is -2.21. The molecule has 1 aliphatic heterocycles. The summed E-state index contributed by atoms with van der Waals surface area (Å²) in [7, 11) is 0. The number of hydrogen-bond acceptors (Lipinski definition) is 2. The van der Waals surface area contributed by atoms with E-state index >= 15 is 0 Å². The molecule has 0 bridgehead atoms. The normalized spacial score (nSPS) is 18.5. The van der Waals surface area contributed by atoms with Gasteiger partial charge in [-0.1, -0.05) is 98.5 Å². The highest BCUT2D eigenvalue weighted by molar-refractivity contribution is 5.77. The van der Waals surface area contributed by atoms with Crippen molar-refractivity contribution in [2.45, 2.75) is 12.8 Å². The number of allylic oxidation sites excluding steroid dienone is 4. The highest BCUT2D eigenvalue weighted by Crippen LogP contribution is 2.35. The zero-order chi connectivity index (χ0) is 21.5. The molecule has 1 heterocycles. The third kappa shape index (κ3) is 4.87. The van der Waals surface area contributed by atoms with Gasteiger partial charge in [0.25, 0.3) is 0 Å². The molecule has 0 spiro atoms. The third-order valence-corrected chi connectivity index (χ3v) is 5.67. The standard InChI is InChI=1S/C29H28N2/c1-3-10-25(23-11-6-4-7-12-23)19-27-21-30-17-18-31-29-16-15-26(20-28(29)22(27)2)24-13-8-5-9-14-24/h3-20,22,30-31H,1,21H2,2H3/b18-17-,25-10+,27-19+. The summed E-state index contributed by atoms with van der Waals surface area (Å²) in [5, 5.41) is 6.87. The smallest absolute Gasteiger partial charge is 0.0419 e. The average Bonchev–Trinajstić information content (AvgIpc) is 2.90. The van der Waals surface area contributed by atoms with E-state index in [9.17, 15) is 0 Å². The van der Waals surface area contributed by atoms with E-state index in [0.717, 1.165) is 17.8 Å². The fourth-order valence-electron chi connectivity index (χ4n) is 3.94. The van der Waals surface area contributed by atoms with Gasteiger partial charge in [0.05, 0.1) is 0 Å². The molecule has 2 N–H and O–H groups in total. The summed E-state index contributed by atoms with van der Waals surface area (Å²) in [4.78, 5) is 0. The molecule has 0 saturated heterocycles. The molecule has 4 rings (SSSR count). The predicted molar refractivity (Wildman–Crippen MR) is 134 cm³/mol. The van der Waals surface area contributed by atoms with Crippen LogP contribution >= 0.6 is 0 Å². The zero-order valence-electron chi connectivity index (χ0n) is 17.9. The molecule has 0 radical (unpaired) electrons. The van der Waals surface area contributed by atoms with Crippen LogP contribution in [0, 0.1) is 0 Å². The minimum Gasteiger partial charge on any atom is -0.386 e. The number of fused-ring (bicyclic) bond motifs is 1. The summed E-state index contributed by atoms with van der Waals surface area (Å²) < 4.78 is 0. The number of anilines is 1. The molecule has 0 aromatic heterocycles. The predicted octanol–water partition coefficient (Wildman–Crippen LogP) is 7.14. The van der Waals surface area contributed by atoms with Crippen LogP contribution in [-0.4, -0.2) is 6.54 Å². The quantitative estimate of drug-likeness (QED) is 0.452. The monoisotopic (exact) mass is 404 g/mol. The van der Waals surface area contributed by atoms with Gasteiger partial charge in [0, 0.05) is 30.5 Å². The van der Waals surface area contributed by atoms with Crippen LogP contribution in [0.2, 0.25) is 0 Å². The van der Waals surface area contributed by atoms with Gasteiger partial charge in [-0.05, 0) is 45.5 Å². The minimum absolute atomic E-state index is 0.232. The van der Waals surface area contributed by atoms with E-state index < -0.39 is 0 Å². The number of rotatable bonds is 4. The molecule has 31 heavy (non-hydrogen) atoms. The Morgan fingerprint density at radius 2 is 1.65 bits per heavy atom. The number of nitrogens with one attached hydrogen (secondary N) is 2. The Balaban J connectivity index is 1.79. The summed E-state index contributed by atoms with van der Waals surface area (Å²) in [5.74, 6) is 0.232. The van der Waals surface area contributed by atoms with Crippen molar-refractivity contribution in [2.24, 2.45) is 0 Å². The summed E-state index contributed by atoms with van der Waals surface area (Å²) in [6.07, 6.45) is 10.2. The van der Waals surface area contributed by atoms with E-state index in [1.165, 1.54) is 27.8 Å². The maximum Gasteiger partial charge on any atom is 0.0419 e. The lowest BCUT2D eigenvalue weighted by atomic mass is 9.87. The molecule has 1 aliphatic rings. The first-order chi connectivity index (χ1) is 15.3. The van der Waals surface area contributed by atoms with Crippen molar-refractivity contribution >= 4 is 11.3 Å². The van der Waals surface area contributed by atoms with Crippen LogP contribution in [0.3, 0.4) is 0 Å². The van der Waals surface area contributed by atoms with Crippen LogP contribution in [0.15, 0.2) is 122 Å². The highest BCUT2D eigenvalue weighted by Gasteiger charge is 2.18. The van der Waals surface area contributed by atoms with Gasteiger partial charge >= 0.3 is 0 Å². The molecule has 1 unspecified atom stereocenters. The molecule has 0 saturated carbocycles. The molecule has 0 aliphatic carbocycles. The topological polar surface area (TPSA) is 24.1 Å². The summed E-state index contributed by atoms with van der Waals surface area (Å²) in [6.45, 7) is 6.98. The van der Waals surface area contributed by atoms with Crippen LogP contribution in [-0.2, 0) is 0 Å². The average molecular weight is 405 g/mol. The highest BCUT2D eigenvalue weighted by atomic mass is 14.9. The van der Waals surface area contributed by atoms with Gasteiger partial charge in [-0.15, -0.1) is 0 Å². The Morgan fingerprint density at radius 1 is 0.903 bits per heavy atom. The fraction of sp³-hybridized carbons (Fsp3) is 0.103. The maximum absolute atomic E-state index is 3.93. The van der Waals surface area contributed by atoms with Gasteiger partial charge in [0.2, 0.25) is 0 Å². The van der Waals surface area contributed by atoms with Crippen molar-refractivity contribution < 1.29 is 0 Å². The Kier molecular flexibility index (Phi) is 6.49. The van der Waals surface area contributed by atoms with Crippen LogP contribution in [0.4, 0.5) is 5.69 Å². The third-order valence-electron chi connectivity index (χ3n) is 5.67.